The van der Waals surface area contributed by atoms with Gasteiger partial charge in [-0.05, 0) is 26.0 Å². The van der Waals surface area contributed by atoms with Crippen LogP contribution in [0.4, 0.5) is 0 Å². The summed E-state index contributed by atoms with van der Waals surface area (Å²) >= 11 is 11.8. The molecule has 5 nitrogen and oxygen atoms in total. The predicted molar refractivity (Wildman–Crippen MR) is 77.7 cm³/mol. The average molecular weight is 340 g/mol. The van der Waals surface area contributed by atoms with Crippen molar-refractivity contribution in [2.45, 2.75) is 31.2 Å². The normalized spacial score (nSPS) is 12.1. The van der Waals surface area contributed by atoms with Crippen LogP contribution in [-0.4, -0.2) is 36.4 Å². The van der Waals surface area contributed by atoms with Gasteiger partial charge in [0.05, 0.1) is 16.5 Å². The molecule has 1 aromatic carbocycles. The van der Waals surface area contributed by atoms with Crippen LogP contribution in [0.2, 0.25) is 10.0 Å². The Labute approximate surface area is 128 Å². The number of benzene rings is 1. The number of nitrogens with zero attached hydrogens (tertiary/aromatic N) is 1. The quantitative estimate of drug-likeness (QED) is 0.864. The lowest BCUT2D eigenvalue weighted by Gasteiger charge is -2.25. The summed E-state index contributed by atoms with van der Waals surface area (Å²) < 4.78 is 26.2. The smallest absolute Gasteiger partial charge is 0.304 e. The molecular weight excluding hydrogens is 325 g/mol. The van der Waals surface area contributed by atoms with Crippen LogP contribution < -0.4 is 0 Å². The molecule has 0 fully saturated rings. The number of halogens is 2. The van der Waals surface area contributed by atoms with Gasteiger partial charge in [-0.1, -0.05) is 29.3 Å². The van der Waals surface area contributed by atoms with E-state index < -0.39 is 22.0 Å². The van der Waals surface area contributed by atoms with Crippen molar-refractivity contribution in [1.82, 2.24) is 4.31 Å². The van der Waals surface area contributed by atoms with E-state index in [1.54, 1.807) is 13.8 Å². The van der Waals surface area contributed by atoms with E-state index in [9.17, 15) is 13.2 Å². The Hall–Kier alpha value is -0.820. The molecule has 0 aliphatic heterocycles. The van der Waals surface area contributed by atoms with E-state index >= 15 is 0 Å². The van der Waals surface area contributed by atoms with Gasteiger partial charge in [0.1, 0.15) is 4.90 Å². The Balaban J connectivity index is 3.23. The summed E-state index contributed by atoms with van der Waals surface area (Å²) in [6.07, 6.45) is -0.282. The van der Waals surface area contributed by atoms with Crippen molar-refractivity contribution in [2.24, 2.45) is 0 Å². The first-order chi connectivity index (χ1) is 9.17. The molecule has 0 saturated carbocycles. The van der Waals surface area contributed by atoms with Crippen molar-refractivity contribution in [3.05, 3.63) is 28.2 Å². The van der Waals surface area contributed by atoms with Crippen LogP contribution in [0.15, 0.2) is 23.1 Å². The van der Waals surface area contributed by atoms with Crippen molar-refractivity contribution in [2.75, 3.05) is 6.54 Å². The van der Waals surface area contributed by atoms with Crippen molar-refractivity contribution in [3.8, 4) is 0 Å². The average Bonchev–Trinajstić information content (AvgIpc) is 2.31. The van der Waals surface area contributed by atoms with E-state index in [0.717, 1.165) is 4.31 Å². The van der Waals surface area contributed by atoms with Crippen LogP contribution >= 0.6 is 23.2 Å². The maximum absolute atomic E-state index is 12.5. The Kier molecular flexibility index (Phi) is 5.82. The van der Waals surface area contributed by atoms with Gasteiger partial charge in [0, 0.05) is 12.6 Å². The lowest BCUT2D eigenvalue weighted by atomic mass is 10.3. The Morgan fingerprint density at radius 1 is 1.35 bits per heavy atom. The van der Waals surface area contributed by atoms with E-state index in [0.29, 0.717) is 0 Å². The second kappa shape index (κ2) is 6.76. The molecule has 0 unspecified atom stereocenters. The second-order valence-electron chi connectivity index (χ2n) is 4.41. The van der Waals surface area contributed by atoms with Crippen LogP contribution in [0.25, 0.3) is 0 Å². The topological polar surface area (TPSA) is 74.7 Å². The number of carboxylic acids is 1. The van der Waals surface area contributed by atoms with Crippen LogP contribution in [-0.2, 0) is 14.8 Å². The first kappa shape index (κ1) is 17.2. The van der Waals surface area contributed by atoms with Crippen LogP contribution in [0.3, 0.4) is 0 Å². The van der Waals surface area contributed by atoms with Crippen LogP contribution in [0.1, 0.15) is 20.3 Å². The van der Waals surface area contributed by atoms with Crippen molar-refractivity contribution in [3.63, 3.8) is 0 Å². The predicted octanol–water partition coefficient (Wildman–Crippen LogP) is 2.87. The summed E-state index contributed by atoms with van der Waals surface area (Å²) in [5, 5.41) is 8.78. The highest BCUT2D eigenvalue weighted by atomic mass is 35.5. The number of carboxylic acid groups (broad SMARTS) is 1. The standard InChI is InChI=1S/C12H15Cl2NO4S/c1-8(2)15(7-6-11(16)17)20(18,19)10-5-3-4-9(13)12(10)14/h3-5,8H,6-7H2,1-2H3,(H,16,17). The fraction of sp³-hybridized carbons (Fsp3) is 0.417. The molecule has 0 aliphatic carbocycles. The molecule has 0 saturated heterocycles. The van der Waals surface area contributed by atoms with Crippen molar-refractivity contribution in [1.29, 1.82) is 0 Å². The third kappa shape index (κ3) is 3.85. The maximum Gasteiger partial charge on any atom is 0.304 e. The number of sulfonamides is 1. The van der Waals surface area contributed by atoms with Gasteiger partial charge in [-0.25, -0.2) is 8.42 Å². The Morgan fingerprint density at radius 2 is 1.95 bits per heavy atom. The van der Waals surface area contributed by atoms with Gasteiger partial charge in [-0.15, -0.1) is 0 Å². The Morgan fingerprint density at radius 3 is 2.45 bits per heavy atom. The minimum atomic E-state index is -3.90. The van der Waals surface area contributed by atoms with E-state index in [2.05, 4.69) is 0 Å². The van der Waals surface area contributed by atoms with Crippen molar-refractivity contribution >= 4 is 39.2 Å². The van der Waals surface area contributed by atoms with Gasteiger partial charge >= 0.3 is 5.97 Å². The number of rotatable bonds is 6. The highest BCUT2D eigenvalue weighted by Crippen LogP contribution is 2.31. The molecule has 20 heavy (non-hydrogen) atoms. The zero-order chi connectivity index (χ0) is 15.5. The van der Waals surface area contributed by atoms with Gasteiger partial charge in [0.15, 0.2) is 0 Å². The molecule has 0 bridgehead atoms. The van der Waals surface area contributed by atoms with E-state index in [4.69, 9.17) is 28.3 Å². The molecule has 0 heterocycles. The summed E-state index contributed by atoms with van der Waals surface area (Å²) in [6, 6.07) is 3.92. The molecule has 1 aromatic rings. The molecular formula is C12H15Cl2NO4S. The molecule has 8 heteroatoms. The van der Waals surface area contributed by atoms with Gasteiger partial charge in [0.2, 0.25) is 10.0 Å². The second-order valence-corrected chi connectivity index (χ2v) is 7.05. The van der Waals surface area contributed by atoms with Gasteiger partial charge in [-0.2, -0.15) is 4.31 Å². The first-order valence-corrected chi connectivity index (χ1v) is 8.05. The van der Waals surface area contributed by atoms with Crippen molar-refractivity contribution < 1.29 is 18.3 Å². The first-order valence-electron chi connectivity index (χ1n) is 5.85. The van der Waals surface area contributed by atoms with E-state index in [1.807, 2.05) is 0 Å². The van der Waals surface area contributed by atoms with Gasteiger partial charge in [0.25, 0.3) is 0 Å². The molecule has 0 atom stereocenters. The van der Waals surface area contributed by atoms with E-state index in [-0.39, 0.29) is 27.9 Å². The molecule has 0 spiro atoms. The lowest BCUT2D eigenvalue weighted by molar-refractivity contribution is -0.137. The summed E-state index contributed by atoms with van der Waals surface area (Å²) in [5.74, 6) is -1.07. The zero-order valence-corrected chi connectivity index (χ0v) is 13.3. The molecule has 1 N–H and O–H groups in total. The fourth-order valence-electron chi connectivity index (χ4n) is 1.67. The number of hydrogen-bond acceptors (Lipinski definition) is 3. The third-order valence-corrected chi connectivity index (χ3v) is 5.67. The summed E-state index contributed by atoms with van der Waals surface area (Å²) in [7, 11) is -3.90. The summed E-state index contributed by atoms with van der Waals surface area (Å²) in [5.41, 5.74) is 0. The molecule has 0 aromatic heterocycles. The molecule has 0 aliphatic rings. The minimum Gasteiger partial charge on any atom is -0.481 e. The largest absolute Gasteiger partial charge is 0.481 e. The fourth-order valence-corrected chi connectivity index (χ4v) is 4.05. The minimum absolute atomic E-state index is 0.0601. The number of carbonyl (C=O) groups is 1. The number of hydrogen-bond donors (Lipinski definition) is 1. The SMILES string of the molecule is CC(C)N(CCC(=O)O)S(=O)(=O)c1cccc(Cl)c1Cl. The van der Waals surface area contributed by atoms with Gasteiger partial charge < -0.3 is 5.11 Å². The monoisotopic (exact) mass is 339 g/mol. The molecule has 0 radical (unpaired) electrons. The summed E-state index contributed by atoms with van der Waals surface area (Å²) in [6.45, 7) is 3.20. The molecule has 0 amide bonds. The highest BCUT2D eigenvalue weighted by molar-refractivity contribution is 7.89. The van der Waals surface area contributed by atoms with E-state index in [1.165, 1.54) is 18.2 Å². The summed E-state index contributed by atoms with van der Waals surface area (Å²) in [4.78, 5) is 10.5. The Bertz CT molecular complexity index is 601. The van der Waals surface area contributed by atoms with Crippen LogP contribution in [0.5, 0.6) is 0 Å². The third-order valence-electron chi connectivity index (χ3n) is 2.62. The highest BCUT2D eigenvalue weighted by Gasteiger charge is 2.29. The maximum atomic E-state index is 12.5. The number of aliphatic carboxylic acids is 1. The lowest BCUT2D eigenvalue weighted by Crippen LogP contribution is -2.38. The van der Waals surface area contributed by atoms with Crippen LogP contribution in [0, 0.1) is 0 Å². The van der Waals surface area contributed by atoms with Gasteiger partial charge in [-0.3, -0.25) is 4.79 Å². The zero-order valence-electron chi connectivity index (χ0n) is 11.0. The molecule has 112 valence electrons. The molecule has 1 rings (SSSR count).